The number of H-pyrrole nitrogens is 1. The summed E-state index contributed by atoms with van der Waals surface area (Å²) in [6.07, 6.45) is -0.450. The molecule has 5 atom stereocenters. The van der Waals surface area contributed by atoms with E-state index in [4.69, 9.17) is 18.5 Å². The Hall–Kier alpha value is -4.06. The second-order valence-corrected chi connectivity index (χ2v) is 12.7. The third-order valence-corrected chi connectivity index (χ3v) is 9.60. The number of fused-ring (bicyclic) bond motifs is 1. The Bertz CT molecular complexity index is 1820. The summed E-state index contributed by atoms with van der Waals surface area (Å²) in [5.41, 5.74) is -1.20. The molecule has 230 valence electrons. The minimum absolute atomic E-state index is 0.0245. The van der Waals surface area contributed by atoms with Crippen molar-refractivity contribution < 1.29 is 33.0 Å². The third-order valence-electron chi connectivity index (χ3n) is 7.97. The van der Waals surface area contributed by atoms with Crippen LogP contribution in [0.2, 0.25) is 0 Å². The largest absolute Gasteiger partial charge is 0.460 e. The van der Waals surface area contributed by atoms with Crippen molar-refractivity contribution >= 4 is 24.5 Å². The van der Waals surface area contributed by atoms with Gasteiger partial charge in [-0.15, -0.1) is 0 Å². The number of aliphatic hydroxyl groups is 1. The van der Waals surface area contributed by atoms with Crippen LogP contribution >= 0.6 is 7.75 Å². The highest BCUT2D eigenvalue weighted by Crippen LogP contribution is 2.62. The second kappa shape index (κ2) is 12.1. The average Bonchev–Trinajstić information content (AvgIpc) is 3.78. The number of aliphatic hydroxyl groups excluding tert-OH is 1. The van der Waals surface area contributed by atoms with Crippen molar-refractivity contribution in [2.45, 2.75) is 50.8 Å². The molecule has 1 saturated carbocycles. The first-order valence-electron chi connectivity index (χ1n) is 14.2. The molecule has 2 heterocycles. The zero-order valence-electron chi connectivity index (χ0n) is 23.8. The van der Waals surface area contributed by atoms with Crippen molar-refractivity contribution in [3.63, 3.8) is 0 Å². The van der Waals surface area contributed by atoms with Crippen LogP contribution in [0.15, 0.2) is 94.6 Å². The number of hydrogen-bond acceptors (Lipinski definition) is 9. The Morgan fingerprint density at radius 1 is 1.09 bits per heavy atom. The predicted molar refractivity (Wildman–Crippen MR) is 160 cm³/mol. The van der Waals surface area contributed by atoms with Crippen LogP contribution in [0.1, 0.15) is 31.6 Å². The van der Waals surface area contributed by atoms with Gasteiger partial charge >= 0.3 is 19.4 Å². The molecule has 0 amide bonds. The summed E-state index contributed by atoms with van der Waals surface area (Å²) in [5, 5.41) is 15.4. The number of hydrogen-bond donors (Lipinski definition) is 3. The van der Waals surface area contributed by atoms with Crippen LogP contribution in [0.25, 0.3) is 10.8 Å². The van der Waals surface area contributed by atoms with Gasteiger partial charge in [-0.25, -0.2) is 9.36 Å². The summed E-state index contributed by atoms with van der Waals surface area (Å²) in [5.74, 6) is -0.418. The number of rotatable bonds is 11. The van der Waals surface area contributed by atoms with Crippen LogP contribution in [-0.4, -0.2) is 45.5 Å². The molecule has 12 nitrogen and oxygen atoms in total. The first-order valence-corrected chi connectivity index (χ1v) is 15.8. The van der Waals surface area contributed by atoms with Gasteiger partial charge < -0.3 is 19.1 Å². The molecule has 13 heteroatoms. The lowest BCUT2D eigenvalue weighted by Gasteiger charge is -2.25. The Kier molecular flexibility index (Phi) is 8.28. The van der Waals surface area contributed by atoms with E-state index in [9.17, 15) is 24.1 Å². The van der Waals surface area contributed by atoms with Crippen LogP contribution in [-0.2, 0) is 30.0 Å². The highest BCUT2D eigenvalue weighted by Gasteiger charge is 2.64. The molecular weight excluding hydrogens is 589 g/mol. The number of esters is 1. The standard InChI is InChI=1S/C31H32N3O9P/c1-20(28(37)40-18-21-8-3-2-4-9-21)33-44(39,43-24-13-7-11-22-10-5-6-12-23(22)24)41-19-25-27(36)31(15-16-31)29(42-25)34-17-14-26(35)32-30(34)38/h2-14,17,20,25,27,29,36H,15-16,18-19H2,1H3,(H,33,39)(H,32,35,38). The molecule has 1 aliphatic heterocycles. The molecule has 2 aliphatic rings. The Labute approximate surface area is 252 Å². The quantitative estimate of drug-likeness (QED) is 0.167. The van der Waals surface area contributed by atoms with E-state index in [2.05, 4.69) is 10.1 Å². The van der Waals surface area contributed by atoms with E-state index < -0.39 is 61.5 Å². The molecule has 3 aromatic carbocycles. The highest BCUT2D eigenvalue weighted by atomic mass is 31.2. The van der Waals surface area contributed by atoms with Crippen LogP contribution in [0.5, 0.6) is 5.75 Å². The molecule has 4 aromatic rings. The zero-order chi connectivity index (χ0) is 30.9. The number of nitrogens with zero attached hydrogens (tertiary/aromatic N) is 1. The SMILES string of the molecule is CC(NP(=O)(OCC1OC(n2ccc(=O)[nH]c2=O)C2(CC2)C1O)Oc1cccc2ccccc12)C(=O)OCc1ccccc1. The van der Waals surface area contributed by atoms with E-state index >= 15 is 0 Å². The van der Waals surface area contributed by atoms with E-state index in [1.807, 2.05) is 54.6 Å². The van der Waals surface area contributed by atoms with Crippen molar-refractivity contribution in [3.05, 3.63) is 111 Å². The highest BCUT2D eigenvalue weighted by molar-refractivity contribution is 7.52. The topological polar surface area (TPSA) is 158 Å². The molecular formula is C31H32N3O9P. The minimum Gasteiger partial charge on any atom is -0.460 e. The summed E-state index contributed by atoms with van der Waals surface area (Å²) < 4.78 is 38.9. The lowest BCUT2D eigenvalue weighted by molar-refractivity contribution is -0.146. The second-order valence-electron chi connectivity index (χ2n) is 11.0. The molecule has 6 rings (SSSR count). The van der Waals surface area contributed by atoms with Gasteiger partial charge in [0, 0.05) is 23.1 Å². The van der Waals surface area contributed by atoms with E-state index in [1.54, 1.807) is 18.2 Å². The van der Waals surface area contributed by atoms with Gasteiger partial charge in [0.2, 0.25) is 0 Å². The maximum Gasteiger partial charge on any atom is 0.459 e. The fourth-order valence-corrected chi connectivity index (χ4v) is 6.99. The van der Waals surface area contributed by atoms with Gasteiger partial charge in [-0.05, 0) is 36.8 Å². The van der Waals surface area contributed by atoms with Crippen LogP contribution < -0.4 is 20.9 Å². The van der Waals surface area contributed by atoms with E-state index in [0.29, 0.717) is 18.2 Å². The molecule has 3 N–H and O–H groups in total. The van der Waals surface area contributed by atoms with E-state index in [1.165, 1.54) is 23.8 Å². The van der Waals surface area contributed by atoms with Gasteiger partial charge in [0.1, 0.15) is 30.7 Å². The number of aromatic amines is 1. The lowest BCUT2D eigenvalue weighted by Crippen LogP contribution is -2.37. The van der Waals surface area contributed by atoms with Crippen LogP contribution in [0.3, 0.4) is 0 Å². The molecule has 2 fully saturated rings. The molecule has 0 bridgehead atoms. The van der Waals surface area contributed by atoms with Gasteiger partial charge in [-0.1, -0.05) is 66.7 Å². The number of carbonyl (C=O) groups is 1. The van der Waals surface area contributed by atoms with Crippen LogP contribution in [0.4, 0.5) is 0 Å². The number of carbonyl (C=O) groups excluding carboxylic acids is 1. The monoisotopic (exact) mass is 621 g/mol. The molecule has 0 radical (unpaired) electrons. The molecule has 44 heavy (non-hydrogen) atoms. The normalized spacial score (nSPS) is 22.4. The van der Waals surface area contributed by atoms with Crippen molar-refractivity contribution in [2.75, 3.05) is 6.61 Å². The Morgan fingerprint density at radius 2 is 1.82 bits per heavy atom. The van der Waals surface area contributed by atoms with Crippen molar-refractivity contribution in [1.29, 1.82) is 0 Å². The fraction of sp³-hybridized carbons (Fsp3) is 0.323. The third kappa shape index (κ3) is 6.12. The average molecular weight is 622 g/mol. The smallest absolute Gasteiger partial charge is 0.459 e. The molecule has 5 unspecified atom stereocenters. The molecule has 1 aliphatic carbocycles. The zero-order valence-corrected chi connectivity index (χ0v) is 24.7. The number of ether oxygens (including phenoxy) is 2. The van der Waals surface area contributed by atoms with Gasteiger partial charge in [0.15, 0.2) is 0 Å². The first kappa shape index (κ1) is 30.0. The van der Waals surface area contributed by atoms with Gasteiger partial charge in [-0.3, -0.25) is 23.7 Å². The summed E-state index contributed by atoms with van der Waals surface area (Å²) in [7, 11) is -4.32. The maximum atomic E-state index is 14.3. The van der Waals surface area contributed by atoms with Gasteiger partial charge in [0.05, 0.1) is 12.7 Å². The summed E-state index contributed by atoms with van der Waals surface area (Å²) in [4.78, 5) is 39.2. The Balaban J connectivity index is 1.22. The van der Waals surface area contributed by atoms with Crippen molar-refractivity contribution in [2.24, 2.45) is 5.41 Å². The Morgan fingerprint density at radius 3 is 2.57 bits per heavy atom. The number of benzene rings is 3. The van der Waals surface area contributed by atoms with Crippen LogP contribution in [0, 0.1) is 5.41 Å². The summed E-state index contributed by atoms with van der Waals surface area (Å²) >= 11 is 0. The van der Waals surface area contributed by atoms with E-state index in [0.717, 1.165) is 10.9 Å². The maximum absolute atomic E-state index is 14.3. The predicted octanol–water partition coefficient (Wildman–Crippen LogP) is 3.65. The number of nitrogens with one attached hydrogen (secondary N) is 2. The van der Waals surface area contributed by atoms with Crippen molar-refractivity contribution in [1.82, 2.24) is 14.6 Å². The lowest BCUT2D eigenvalue weighted by atomic mass is 9.96. The summed E-state index contributed by atoms with van der Waals surface area (Å²) in [6, 6.07) is 21.9. The van der Waals surface area contributed by atoms with Crippen molar-refractivity contribution in [3.8, 4) is 5.75 Å². The first-order chi connectivity index (χ1) is 21.2. The minimum atomic E-state index is -4.32. The summed E-state index contributed by atoms with van der Waals surface area (Å²) in [6.45, 7) is 1.11. The van der Waals surface area contributed by atoms with E-state index in [-0.39, 0.29) is 12.4 Å². The number of aromatic nitrogens is 2. The molecule has 1 aromatic heterocycles. The van der Waals surface area contributed by atoms with Gasteiger partial charge in [0.25, 0.3) is 5.56 Å². The van der Waals surface area contributed by atoms with Gasteiger partial charge in [-0.2, -0.15) is 5.09 Å². The molecule has 1 saturated heterocycles. The molecule has 1 spiro atoms. The fourth-order valence-electron chi connectivity index (χ4n) is 5.47.